The standard InChI is InChI=1S/C24H23NO3/c1-2-27-24(26)15-19-8-5-7-18-14-21(12-13-22(18)19)28-16-20-11-10-17-6-3-4-9-23(17)25-20/h3-4,6,9-15H,2,5,7-8,16H2,1H3/b19-15+. The molecule has 3 aromatic rings. The van der Waals surface area contributed by atoms with E-state index in [0.717, 1.165) is 52.7 Å². The van der Waals surface area contributed by atoms with Crippen LogP contribution in [0.2, 0.25) is 0 Å². The maximum atomic E-state index is 11.8. The average molecular weight is 373 g/mol. The van der Waals surface area contributed by atoms with E-state index in [2.05, 4.69) is 23.2 Å². The van der Waals surface area contributed by atoms with Crippen LogP contribution >= 0.6 is 0 Å². The molecule has 0 unspecified atom stereocenters. The van der Waals surface area contributed by atoms with E-state index >= 15 is 0 Å². The zero-order valence-corrected chi connectivity index (χ0v) is 16.0. The predicted molar refractivity (Wildman–Crippen MR) is 110 cm³/mol. The van der Waals surface area contributed by atoms with Gasteiger partial charge in [0.2, 0.25) is 0 Å². The molecule has 0 amide bonds. The summed E-state index contributed by atoms with van der Waals surface area (Å²) in [5.41, 5.74) is 5.26. The molecule has 0 fully saturated rings. The first-order chi connectivity index (χ1) is 13.7. The SMILES string of the molecule is CCOC(=O)/C=C1\CCCc2cc(OCc3ccc4ccccc4n3)ccc21. The van der Waals surface area contributed by atoms with E-state index < -0.39 is 0 Å². The van der Waals surface area contributed by atoms with E-state index in [9.17, 15) is 4.79 Å². The van der Waals surface area contributed by atoms with Crippen molar-refractivity contribution in [2.45, 2.75) is 32.8 Å². The number of ether oxygens (including phenoxy) is 2. The summed E-state index contributed by atoms with van der Waals surface area (Å²) < 4.78 is 11.0. The molecule has 0 saturated carbocycles. The number of nitrogens with zero attached hydrogens (tertiary/aromatic N) is 1. The summed E-state index contributed by atoms with van der Waals surface area (Å²) in [5, 5.41) is 1.13. The van der Waals surface area contributed by atoms with Crippen LogP contribution in [-0.4, -0.2) is 17.6 Å². The summed E-state index contributed by atoms with van der Waals surface area (Å²) >= 11 is 0. The first-order valence-corrected chi connectivity index (χ1v) is 9.71. The molecule has 0 aliphatic heterocycles. The lowest BCUT2D eigenvalue weighted by molar-refractivity contribution is -0.137. The molecule has 28 heavy (non-hydrogen) atoms. The van der Waals surface area contributed by atoms with Crippen molar-refractivity contribution in [1.82, 2.24) is 4.98 Å². The minimum Gasteiger partial charge on any atom is -0.487 e. The Bertz CT molecular complexity index is 1040. The van der Waals surface area contributed by atoms with Gasteiger partial charge in [-0.25, -0.2) is 9.78 Å². The summed E-state index contributed by atoms with van der Waals surface area (Å²) in [7, 11) is 0. The molecule has 4 rings (SSSR count). The topological polar surface area (TPSA) is 48.4 Å². The molecule has 0 N–H and O–H groups in total. The molecular formula is C24H23NO3. The van der Waals surface area contributed by atoms with Crippen molar-refractivity contribution < 1.29 is 14.3 Å². The fraction of sp³-hybridized carbons (Fsp3) is 0.250. The molecule has 4 heteroatoms. The van der Waals surface area contributed by atoms with Crippen molar-refractivity contribution in [2.75, 3.05) is 6.61 Å². The lowest BCUT2D eigenvalue weighted by Crippen LogP contribution is -2.07. The van der Waals surface area contributed by atoms with E-state index in [1.54, 1.807) is 6.08 Å². The first kappa shape index (κ1) is 18.2. The van der Waals surface area contributed by atoms with E-state index in [4.69, 9.17) is 9.47 Å². The molecule has 1 aromatic heterocycles. The van der Waals surface area contributed by atoms with Crippen molar-refractivity contribution in [3.05, 3.63) is 77.5 Å². The largest absolute Gasteiger partial charge is 0.487 e. The van der Waals surface area contributed by atoms with Gasteiger partial charge in [0.1, 0.15) is 12.4 Å². The van der Waals surface area contributed by atoms with Crippen LogP contribution < -0.4 is 4.74 Å². The number of carbonyl (C=O) groups is 1. The van der Waals surface area contributed by atoms with Crippen LogP contribution in [0.5, 0.6) is 5.75 Å². The molecule has 0 bridgehead atoms. The van der Waals surface area contributed by atoms with Crippen molar-refractivity contribution in [1.29, 1.82) is 0 Å². The van der Waals surface area contributed by atoms with Crippen molar-refractivity contribution in [3.63, 3.8) is 0 Å². The highest BCUT2D eigenvalue weighted by atomic mass is 16.5. The second-order valence-corrected chi connectivity index (χ2v) is 6.88. The summed E-state index contributed by atoms with van der Waals surface area (Å²) in [6.07, 6.45) is 4.53. The zero-order valence-electron chi connectivity index (χ0n) is 16.0. The number of rotatable bonds is 5. The number of allylic oxidation sites excluding steroid dienone is 1. The Morgan fingerprint density at radius 2 is 2.00 bits per heavy atom. The molecular weight excluding hydrogens is 350 g/mol. The lowest BCUT2D eigenvalue weighted by Gasteiger charge is -2.20. The zero-order chi connectivity index (χ0) is 19.3. The third-order valence-corrected chi connectivity index (χ3v) is 4.94. The van der Waals surface area contributed by atoms with Crippen LogP contribution in [-0.2, 0) is 22.6 Å². The second kappa shape index (κ2) is 8.26. The maximum absolute atomic E-state index is 11.8. The summed E-state index contributed by atoms with van der Waals surface area (Å²) in [6, 6.07) is 18.2. The van der Waals surface area contributed by atoms with Gasteiger partial charge in [0.05, 0.1) is 17.8 Å². The molecule has 1 aliphatic rings. The quantitative estimate of drug-likeness (QED) is 0.461. The Hall–Kier alpha value is -3.14. The molecule has 2 aromatic carbocycles. The highest BCUT2D eigenvalue weighted by molar-refractivity contribution is 5.92. The number of aryl methyl sites for hydroxylation is 1. The van der Waals surface area contributed by atoms with Crippen molar-refractivity contribution in [3.8, 4) is 5.75 Å². The fourth-order valence-electron chi connectivity index (χ4n) is 3.61. The second-order valence-electron chi connectivity index (χ2n) is 6.88. The summed E-state index contributed by atoms with van der Waals surface area (Å²) in [6.45, 7) is 2.64. The van der Waals surface area contributed by atoms with Crippen LogP contribution in [0.3, 0.4) is 0 Å². The first-order valence-electron chi connectivity index (χ1n) is 9.71. The molecule has 1 aliphatic carbocycles. The van der Waals surface area contributed by atoms with Gasteiger partial charge in [-0.3, -0.25) is 0 Å². The summed E-state index contributed by atoms with van der Waals surface area (Å²) in [5.74, 6) is 0.555. The van der Waals surface area contributed by atoms with Gasteiger partial charge in [0.25, 0.3) is 0 Å². The number of carbonyl (C=O) groups excluding carboxylic acids is 1. The minimum absolute atomic E-state index is 0.270. The van der Waals surface area contributed by atoms with Gasteiger partial charge in [-0.15, -0.1) is 0 Å². The van der Waals surface area contributed by atoms with Gasteiger partial charge in [0.15, 0.2) is 0 Å². The van der Waals surface area contributed by atoms with Crippen LogP contribution in [0.15, 0.2) is 60.7 Å². The van der Waals surface area contributed by atoms with Crippen molar-refractivity contribution in [2.24, 2.45) is 0 Å². The highest BCUT2D eigenvalue weighted by Gasteiger charge is 2.16. The Kier molecular flexibility index (Phi) is 5.38. The van der Waals surface area contributed by atoms with E-state index in [1.807, 2.05) is 43.3 Å². The van der Waals surface area contributed by atoms with Gasteiger partial charge in [0, 0.05) is 11.5 Å². The molecule has 0 saturated heterocycles. The van der Waals surface area contributed by atoms with Gasteiger partial charge in [-0.05, 0) is 67.2 Å². The van der Waals surface area contributed by atoms with Crippen LogP contribution in [0.25, 0.3) is 16.5 Å². The Labute approximate surface area is 164 Å². The van der Waals surface area contributed by atoms with Gasteiger partial charge in [-0.1, -0.05) is 30.3 Å². The lowest BCUT2D eigenvalue weighted by atomic mass is 9.87. The maximum Gasteiger partial charge on any atom is 0.331 e. The molecule has 1 heterocycles. The Balaban J connectivity index is 1.49. The fourth-order valence-corrected chi connectivity index (χ4v) is 3.61. The molecule has 142 valence electrons. The number of fused-ring (bicyclic) bond motifs is 2. The van der Waals surface area contributed by atoms with Crippen LogP contribution in [0, 0.1) is 0 Å². The van der Waals surface area contributed by atoms with E-state index in [1.165, 1.54) is 5.56 Å². The number of benzene rings is 2. The minimum atomic E-state index is -0.270. The number of esters is 1. The smallest absolute Gasteiger partial charge is 0.331 e. The molecule has 0 spiro atoms. The molecule has 0 atom stereocenters. The van der Waals surface area contributed by atoms with Gasteiger partial charge in [-0.2, -0.15) is 0 Å². The number of hydrogen-bond donors (Lipinski definition) is 0. The Morgan fingerprint density at radius 1 is 1.11 bits per heavy atom. The van der Waals surface area contributed by atoms with Gasteiger partial charge >= 0.3 is 5.97 Å². The van der Waals surface area contributed by atoms with Crippen LogP contribution in [0.4, 0.5) is 0 Å². The Morgan fingerprint density at radius 3 is 2.89 bits per heavy atom. The van der Waals surface area contributed by atoms with E-state index in [-0.39, 0.29) is 5.97 Å². The van der Waals surface area contributed by atoms with Gasteiger partial charge < -0.3 is 9.47 Å². The summed E-state index contributed by atoms with van der Waals surface area (Å²) in [4.78, 5) is 16.5. The average Bonchev–Trinajstić information content (AvgIpc) is 2.72. The van der Waals surface area contributed by atoms with E-state index in [0.29, 0.717) is 13.2 Å². The van der Waals surface area contributed by atoms with Crippen LogP contribution in [0.1, 0.15) is 36.6 Å². The predicted octanol–water partition coefficient (Wildman–Crippen LogP) is 5.10. The van der Waals surface area contributed by atoms with Crippen molar-refractivity contribution >= 4 is 22.4 Å². The third-order valence-electron chi connectivity index (χ3n) is 4.94. The number of aromatic nitrogens is 1. The highest BCUT2D eigenvalue weighted by Crippen LogP contribution is 2.33. The molecule has 4 nitrogen and oxygen atoms in total. The number of pyridine rings is 1. The third kappa shape index (κ3) is 4.06. The molecule has 0 radical (unpaired) electrons. The monoisotopic (exact) mass is 373 g/mol. The normalized spacial score (nSPS) is 14.7. The number of para-hydroxylation sites is 1. The number of hydrogen-bond acceptors (Lipinski definition) is 4.